The average molecular weight is 359 g/mol. The Morgan fingerprint density at radius 3 is 2.96 bits per heavy atom. The predicted molar refractivity (Wildman–Crippen MR) is 86.2 cm³/mol. The number of aromatic amines is 1. The van der Waals surface area contributed by atoms with E-state index in [-0.39, 0.29) is 11.8 Å². The van der Waals surface area contributed by atoms with Crippen molar-refractivity contribution in [1.82, 2.24) is 25.3 Å². The lowest BCUT2D eigenvalue weighted by molar-refractivity contribution is -0.146. The number of hydrogen-bond acceptors (Lipinski definition) is 4. The number of aromatic nitrogens is 2. The number of H-pyrrole nitrogens is 1. The molecule has 0 bridgehead atoms. The number of carbonyl (C=O) groups is 1. The highest BCUT2D eigenvalue weighted by molar-refractivity contribution is 5.94. The number of likely N-dealkylation sites (tertiary alicyclic amines) is 1. The standard InChI is InChI=1S/C16H24F3N5O/c1-2-23(10-16(17,18)19)8-11-4-6-24(9-11)15(25)14-12-7-20-5-3-13(12)21-22-14/h11,20H,2-10H2,1H3,(H,21,22). The van der Waals surface area contributed by atoms with Gasteiger partial charge in [-0.25, -0.2) is 0 Å². The van der Waals surface area contributed by atoms with Gasteiger partial charge >= 0.3 is 6.18 Å². The predicted octanol–water partition coefficient (Wildman–Crippen LogP) is 1.40. The molecule has 1 fully saturated rings. The molecule has 1 aromatic rings. The van der Waals surface area contributed by atoms with Crippen LogP contribution < -0.4 is 5.32 Å². The lowest BCUT2D eigenvalue weighted by Gasteiger charge is -2.25. The first-order valence-corrected chi connectivity index (χ1v) is 8.72. The normalized spacial score (nSPS) is 21.0. The second kappa shape index (κ2) is 7.33. The molecule has 3 heterocycles. The van der Waals surface area contributed by atoms with E-state index in [1.807, 2.05) is 0 Å². The largest absolute Gasteiger partial charge is 0.401 e. The summed E-state index contributed by atoms with van der Waals surface area (Å²) >= 11 is 0. The SMILES string of the molecule is CCN(CC1CCN(C(=O)c2n[nH]c3c2CNCC3)C1)CC(F)(F)F. The molecule has 1 atom stereocenters. The molecule has 1 amide bonds. The summed E-state index contributed by atoms with van der Waals surface area (Å²) in [6.45, 7) is 4.09. The molecule has 0 radical (unpaired) electrons. The molecule has 2 aliphatic rings. The van der Waals surface area contributed by atoms with Crippen molar-refractivity contribution in [1.29, 1.82) is 0 Å². The second-order valence-electron chi connectivity index (χ2n) is 6.80. The highest BCUT2D eigenvalue weighted by Crippen LogP contribution is 2.24. The van der Waals surface area contributed by atoms with Crippen LogP contribution in [0, 0.1) is 5.92 Å². The van der Waals surface area contributed by atoms with Crippen LogP contribution in [0.5, 0.6) is 0 Å². The van der Waals surface area contributed by atoms with Gasteiger partial charge < -0.3 is 10.2 Å². The first-order chi connectivity index (χ1) is 11.9. The highest BCUT2D eigenvalue weighted by Gasteiger charge is 2.34. The van der Waals surface area contributed by atoms with Gasteiger partial charge in [-0.1, -0.05) is 6.92 Å². The number of nitrogens with one attached hydrogen (secondary N) is 2. The molecule has 140 valence electrons. The molecule has 3 rings (SSSR count). The van der Waals surface area contributed by atoms with Crippen LogP contribution in [-0.4, -0.2) is 71.3 Å². The van der Waals surface area contributed by atoms with Crippen molar-refractivity contribution >= 4 is 5.91 Å². The lowest BCUT2D eigenvalue weighted by Crippen LogP contribution is -2.38. The number of halogens is 3. The molecule has 0 aromatic carbocycles. The Kier molecular flexibility index (Phi) is 5.33. The molecular weight excluding hydrogens is 335 g/mol. The summed E-state index contributed by atoms with van der Waals surface area (Å²) in [5.74, 6) is -0.0540. The van der Waals surface area contributed by atoms with Crippen molar-refractivity contribution < 1.29 is 18.0 Å². The number of amides is 1. The summed E-state index contributed by atoms with van der Waals surface area (Å²) in [6.07, 6.45) is -2.64. The minimum Gasteiger partial charge on any atom is -0.337 e. The van der Waals surface area contributed by atoms with Gasteiger partial charge in [-0.2, -0.15) is 18.3 Å². The molecule has 1 unspecified atom stereocenters. The van der Waals surface area contributed by atoms with Crippen molar-refractivity contribution in [2.75, 3.05) is 39.3 Å². The maximum Gasteiger partial charge on any atom is 0.401 e. The number of rotatable bonds is 5. The van der Waals surface area contributed by atoms with Crippen molar-refractivity contribution in [3.05, 3.63) is 17.0 Å². The van der Waals surface area contributed by atoms with Crippen molar-refractivity contribution in [3.8, 4) is 0 Å². The van der Waals surface area contributed by atoms with Crippen molar-refractivity contribution in [2.45, 2.75) is 32.5 Å². The third kappa shape index (κ3) is 4.33. The van der Waals surface area contributed by atoms with Gasteiger partial charge in [-0.05, 0) is 18.9 Å². The van der Waals surface area contributed by atoms with Gasteiger partial charge in [0.05, 0.1) is 6.54 Å². The molecule has 1 aromatic heterocycles. The van der Waals surface area contributed by atoms with Crippen LogP contribution in [0.25, 0.3) is 0 Å². The molecule has 0 aliphatic carbocycles. The summed E-state index contributed by atoms with van der Waals surface area (Å²) in [6, 6.07) is 0. The number of alkyl halides is 3. The van der Waals surface area contributed by atoms with Gasteiger partial charge in [0.15, 0.2) is 5.69 Å². The molecule has 2 aliphatic heterocycles. The second-order valence-corrected chi connectivity index (χ2v) is 6.80. The fraction of sp³-hybridized carbons (Fsp3) is 0.750. The number of hydrogen-bond donors (Lipinski definition) is 2. The third-order valence-electron chi connectivity index (χ3n) is 4.95. The Labute approximate surface area is 144 Å². The summed E-state index contributed by atoms with van der Waals surface area (Å²) in [4.78, 5) is 15.9. The first-order valence-electron chi connectivity index (χ1n) is 8.72. The maximum atomic E-state index is 12.7. The van der Waals surface area contributed by atoms with Crippen LogP contribution in [0.3, 0.4) is 0 Å². The van der Waals surface area contributed by atoms with Crippen molar-refractivity contribution in [3.63, 3.8) is 0 Å². The minimum absolute atomic E-state index is 0.0687. The van der Waals surface area contributed by atoms with Gasteiger partial charge in [-0.3, -0.25) is 14.8 Å². The average Bonchev–Trinajstić information content (AvgIpc) is 3.19. The molecule has 6 nitrogen and oxygen atoms in total. The van der Waals surface area contributed by atoms with E-state index < -0.39 is 12.7 Å². The molecule has 0 saturated carbocycles. The first kappa shape index (κ1) is 18.2. The van der Waals surface area contributed by atoms with Crippen molar-refractivity contribution in [2.24, 2.45) is 5.92 Å². The van der Waals surface area contributed by atoms with Crippen LogP contribution in [0.4, 0.5) is 13.2 Å². The zero-order valence-corrected chi connectivity index (χ0v) is 14.3. The van der Waals surface area contributed by atoms with E-state index in [1.54, 1.807) is 11.8 Å². The Hall–Kier alpha value is -1.61. The van der Waals surface area contributed by atoms with E-state index in [0.717, 1.165) is 30.6 Å². The minimum atomic E-state index is -4.19. The molecule has 0 spiro atoms. The summed E-state index contributed by atoms with van der Waals surface area (Å²) in [5.41, 5.74) is 2.37. The van der Waals surface area contributed by atoms with Gasteiger partial charge in [0.2, 0.25) is 0 Å². The summed E-state index contributed by atoms with van der Waals surface area (Å²) < 4.78 is 37.8. The highest BCUT2D eigenvalue weighted by atomic mass is 19.4. The zero-order valence-electron chi connectivity index (χ0n) is 14.3. The summed E-state index contributed by atoms with van der Waals surface area (Å²) in [5, 5.41) is 10.3. The summed E-state index contributed by atoms with van der Waals surface area (Å²) in [7, 11) is 0. The van der Waals surface area contributed by atoms with E-state index in [4.69, 9.17) is 0 Å². The maximum absolute atomic E-state index is 12.7. The van der Waals surface area contributed by atoms with E-state index >= 15 is 0 Å². The Morgan fingerprint density at radius 1 is 1.44 bits per heavy atom. The van der Waals surface area contributed by atoms with E-state index in [9.17, 15) is 18.0 Å². The topological polar surface area (TPSA) is 64.3 Å². The van der Waals surface area contributed by atoms with E-state index in [0.29, 0.717) is 38.4 Å². The Balaban J connectivity index is 1.59. The van der Waals surface area contributed by atoms with Crippen LogP contribution in [0.2, 0.25) is 0 Å². The molecule has 2 N–H and O–H groups in total. The molecule has 25 heavy (non-hydrogen) atoms. The van der Waals surface area contributed by atoms with Gasteiger partial charge in [0.1, 0.15) is 0 Å². The Morgan fingerprint density at radius 2 is 2.24 bits per heavy atom. The van der Waals surface area contributed by atoms with Gasteiger partial charge in [0, 0.05) is 50.4 Å². The van der Waals surface area contributed by atoms with Crippen LogP contribution in [0.15, 0.2) is 0 Å². The monoisotopic (exact) mass is 359 g/mol. The fourth-order valence-electron chi connectivity index (χ4n) is 3.64. The zero-order chi connectivity index (χ0) is 18.0. The quantitative estimate of drug-likeness (QED) is 0.834. The Bertz CT molecular complexity index is 615. The third-order valence-corrected chi connectivity index (χ3v) is 4.95. The fourth-order valence-corrected chi connectivity index (χ4v) is 3.64. The van der Waals surface area contributed by atoms with Crippen LogP contribution in [-0.2, 0) is 13.0 Å². The smallest absolute Gasteiger partial charge is 0.337 e. The lowest BCUT2D eigenvalue weighted by atomic mass is 10.1. The van der Waals surface area contributed by atoms with Gasteiger partial charge in [-0.15, -0.1) is 0 Å². The number of fused-ring (bicyclic) bond motifs is 1. The number of carbonyl (C=O) groups excluding carboxylic acids is 1. The molecule has 9 heteroatoms. The van der Waals surface area contributed by atoms with E-state index in [1.165, 1.54) is 4.90 Å². The molecule has 1 saturated heterocycles. The van der Waals surface area contributed by atoms with Crippen LogP contribution >= 0.6 is 0 Å². The van der Waals surface area contributed by atoms with Crippen LogP contribution in [0.1, 0.15) is 35.1 Å². The molecular formula is C16H24F3N5O. The van der Waals surface area contributed by atoms with E-state index in [2.05, 4.69) is 15.5 Å². The number of nitrogens with zero attached hydrogens (tertiary/aromatic N) is 3. The van der Waals surface area contributed by atoms with Gasteiger partial charge in [0.25, 0.3) is 5.91 Å².